The molecule has 1 atom stereocenters. The number of hydrogen-bond acceptors (Lipinski definition) is 5. The van der Waals surface area contributed by atoms with E-state index >= 15 is 0 Å². The van der Waals surface area contributed by atoms with E-state index in [1.165, 1.54) is 12.8 Å². The first kappa shape index (κ1) is 22.5. The van der Waals surface area contributed by atoms with Crippen LogP contribution in [0.15, 0.2) is 46.1 Å². The Morgan fingerprint density at radius 1 is 1.39 bits per heavy atom. The van der Waals surface area contributed by atoms with Crippen molar-refractivity contribution in [1.29, 1.82) is 0 Å². The van der Waals surface area contributed by atoms with Gasteiger partial charge in [-0.2, -0.15) is 0 Å². The summed E-state index contributed by atoms with van der Waals surface area (Å²) in [5.41, 5.74) is -0.106. The van der Waals surface area contributed by atoms with Gasteiger partial charge in [-0.15, -0.1) is 24.0 Å². The van der Waals surface area contributed by atoms with Crippen LogP contribution in [0.2, 0.25) is 0 Å². The molecule has 7 nitrogen and oxygen atoms in total. The highest BCUT2D eigenvalue weighted by molar-refractivity contribution is 14.0. The Balaban J connectivity index is 0.00000280. The molecule has 0 radical (unpaired) electrons. The van der Waals surface area contributed by atoms with Crippen LogP contribution in [-0.4, -0.2) is 35.7 Å². The summed E-state index contributed by atoms with van der Waals surface area (Å²) in [7, 11) is 0. The van der Waals surface area contributed by atoms with Gasteiger partial charge in [0.25, 0.3) is 0 Å². The fourth-order valence-corrected chi connectivity index (χ4v) is 2.56. The van der Waals surface area contributed by atoms with E-state index < -0.39 is 5.60 Å². The predicted octanol–water partition coefficient (Wildman–Crippen LogP) is 3.04. The number of aliphatic hydroxyl groups is 1. The monoisotopic (exact) mass is 500 g/mol. The van der Waals surface area contributed by atoms with Gasteiger partial charge in [0.2, 0.25) is 5.88 Å². The first-order chi connectivity index (χ1) is 13.1. The molecule has 3 rings (SSSR count). The van der Waals surface area contributed by atoms with Gasteiger partial charge in [0.05, 0.1) is 26.0 Å². The Bertz CT molecular complexity index is 746. The Hall–Kier alpha value is -1.81. The SMILES string of the molecule is CCNC(=NCc1ccnc(OCC2CC2)c1)NCC(C)(O)c1ccco1.I. The van der Waals surface area contributed by atoms with Crippen LogP contribution in [0.4, 0.5) is 0 Å². The van der Waals surface area contributed by atoms with Crippen molar-refractivity contribution >= 4 is 29.9 Å². The predicted molar refractivity (Wildman–Crippen MR) is 119 cm³/mol. The number of pyridine rings is 1. The minimum atomic E-state index is -1.12. The largest absolute Gasteiger partial charge is 0.477 e. The highest BCUT2D eigenvalue weighted by atomic mass is 127. The molecule has 2 aromatic rings. The lowest BCUT2D eigenvalue weighted by Gasteiger charge is -2.22. The third-order valence-corrected chi connectivity index (χ3v) is 4.38. The fourth-order valence-electron chi connectivity index (χ4n) is 2.56. The third-order valence-electron chi connectivity index (χ3n) is 4.38. The molecule has 2 aromatic heterocycles. The molecule has 0 spiro atoms. The average molecular weight is 500 g/mol. The van der Waals surface area contributed by atoms with Crippen molar-refractivity contribution < 1.29 is 14.3 Å². The van der Waals surface area contributed by atoms with E-state index in [1.807, 2.05) is 19.1 Å². The van der Waals surface area contributed by atoms with E-state index in [0.29, 0.717) is 30.1 Å². The van der Waals surface area contributed by atoms with Crippen LogP contribution in [0.25, 0.3) is 0 Å². The zero-order valence-corrected chi connectivity index (χ0v) is 18.7. The summed E-state index contributed by atoms with van der Waals surface area (Å²) in [6.45, 7) is 5.93. The van der Waals surface area contributed by atoms with Gasteiger partial charge in [-0.1, -0.05) is 0 Å². The lowest BCUT2D eigenvalue weighted by atomic mass is 10.0. The van der Waals surface area contributed by atoms with Gasteiger partial charge in [0, 0.05) is 18.8 Å². The molecule has 0 amide bonds. The lowest BCUT2D eigenvalue weighted by molar-refractivity contribution is 0.0386. The quantitative estimate of drug-likeness (QED) is 0.279. The summed E-state index contributed by atoms with van der Waals surface area (Å²) in [5, 5.41) is 16.9. The van der Waals surface area contributed by atoms with Crippen LogP contribution in [0.1, 0.15) is 38.0 Å². The summed E-state index contributed by atoms with van der Waals surface area (Å²) >= 11 is 0. The number of rotatable bonds is 9. The molecule has 1 aliphatic rings. The van der Waals surface area contributed by atoms with Crippen LogP contribution in [0.3, 0.4) is 0 Å². The maximum atomic E-state index is 10.6. The average Bonchev–Trinajstić information content (AvgIpc) is 3.32. The zero-order valence-electron chi connectivity index (χ0n) is 16.4. The van der Waals surface area contributed by atoms with Crippen molar-refractivity contribution in [2.45, 2.75) is 38.8 Å². The molecule has 1 aliphatic carbocycles. The first-order valence-electron chi connectivity index (χ1n) is 9.43. The number of hydrogen-bond donors (Lipinski definition) is 3. The molecule has 3 N–H and O–H groups in total. The molecule has 0 saturated heterocycles. The van der Waals surface area contributed by atoms with Crippen molar-refractivity contribution in [1.82, 2.24) is 15.6 Å². The van der Waals surface area contributed by atoms with E-state index in [4.69, 9.17) is 9.15 Å². The van der Waals surface area contributed by atoms with Gasteiger partial charge in [-0.3, -0.25) is 0 Å². The highest BCUT2D eigenvalue weighted by Gasteiger charge is 2.26. The first-order valence-corrected chi connectivity index (χ1v) is 9.43. The van der Waals surface area contributed by atoms with Gasteiger partial charge in [-0.05, 0) is 56.4 Å². The van der Waals surface area contributed by atoms with Gasteiger partial charge in [0.1, 0.15) is 11.4 Å². The summed E-state index contributed by atoms with van der Waals surface area (Å²) < 4.78 is 11.0. The molecule has 28 heavy (non-hydrogen) atoms. The van der Waals surface area contributed by atoms with Crippen molar-refractivity contribution in [2.24, 2.45) is 10.9 Å². The number of aromatic nitrogens is 1. The van der Waals surface area contributed by atoms with E-state index in [9.17, 15) is 5.11 Å². The topological polar surface area (TPSA) is 91.9 Å². The number of halogens is 1. The van der Waals surface area contributed by atoms with Crippen molar-refractivity contribution in [3.8, 4) is 5.88 Å². The standard InChI is InChI=1S/C20H28N4O3.HI/c1-3-21-19(24-14-20(2,25)17-5-4-10-26-17)23-12-16-8-9-22-18(11-16)27-13-15-6-7-15;/h4-5,8-11,15,25H,3,6-7,12-14H2,1-2H3,(H2,21,23,24);1H. The molecule has 0 aromatic carbocycles. The lowest BCUT2D eigenvalue weighted by Crippen LogP contribution is -2.44. The second kappa shape index (κ2) is 10.7. The summed E-state index contributed by atoms with van der Waals surface area (Å²) in [4.78, 5) is 8.84. The van der Waals surface area contributed by atoms with E-state index in [-0.39, 0.29) is 30.5 Å². The van der Waals surface area contributed by atoms with Crippen LogP contribution in [0, 0.1) is 5.92 Å². The number of ether oxygens (including phenoxy) is 1. The Labute approximate surface area is 183 Å². The van der Waals surface area contributed by atoms with E-state index in [1.54, 1.807) is 31.5 Å². The van der Waals surface area contributed by atoms with Crippen LogP contribution >= 0.6 is 24.0 Å². The van der Waals surface area contributed by atoms with Gasteiger partial charge < -0.3 is 24.9 Å². The maximum Gasteiger partial charge on any atom is 0.213 e. The summed E-state index contributed by atoms with van der Waals surface area (Å²) in [6.07, 6.45) is 5.80. The summed E-state index contributed by atoms with van der Waals surface area (Å²) in [6, 6.07) is 7.37. The maximum absolute atomic E-state index is 10.6. The molecule has 154 valence electrons. The van der Waals surface area contributed by atoms with Crippen molar-refractivity contribution in [3.05, 3.63) is 48.0 Å². The third kappa shape index (κ3) is 6.97. The molecule has 1 fully saturated rings. The van der Waals surface area contributed by atoms with Crippen molar-refractivity contribution in [2.75, 3.05) is 19.7 Å². The molecule has 8 heteroatoms. The number of nitrogens with zero attached hydrogens (tertiary/aromatic N) is 2. The Morgan fingerprint density at radius 3 is 2.89 bits per heavy atom. The second-order valence-corrected chi connectivity index (χ2v) is 7.06. The Morgan fingerprint density at radius 2 is 2.21 bits per heavy atom. The number of nitrogens with one attached hydrogen (secondary N) is 2. The molecule has 1 saturated carbocycles. The van der Waals surface area contributed by atoms with Gasteiger partial charge in [0.15, 0.2) is 5.96 Å². The molecule has 1 unspecified atom stereocenters. The number of furan rings is 1. The second-order valence-electron chi connectivity index (χ2n) is 7.06. The molecule has 0 aliphatic heterocycles. The number of guanidine groups is 1. The van der Waals surface area contributed by atoms with E-state index in [0.717, 1.165) is 18.7 Å². The van der Waals surface area contributed by atoms with Crippen LogP contribution < -0.4 is 15.4 Å². The van der Waals surface area contributed by atoms with E-state index in [2.05, 4.69) is 20.6 Å². The molecule has 2 heterocycles. The normalized spacial score (nSPS) is 16.0. The molecular weight excluding hydrogens is 471 g/mol. The van der Waals surface area contributed by atoms with Crippen molar-refractivity contribution in [3.63, 3.8) is 0 Å². The van der Waals surface area contributed by atoms with Crippen LogP contribution in [0.5, 0.6) is 5.88 Å². The fraction of sp³-hybridized carbons (Fsp3) is 0.500. The summed E-state index contributed by atoms with van der Waals surface area (Å²) in [5.74, 6) is 2.48. The van der Waals surface area contributed by atoms with Gasteiger partial charge >= 0.3 is 0 Å². The Kier molecular flexibility index (Phi) is 8.56. The zero-order chi connectivity index (χ0) is 19.1. The van der Waals surface area contributed by atoms with Crippen LogP contribution in [-0.2, 0) is 12.1 Å². The number of aliphatic imine (C=N–C) groups is 1. The van der Waals surface area contributed by atoms with Gasteiger partial charge in [-0.25, -0.2) is 9.98 Å². The minimum absolute atomic E-state index is 0. The molecular formula is C20H29IN4O3. The highest BCUT2D eigenvalue weighted by Crippen LogP contribution is 2.29. The minimum Gasteiger partial charge on any atom is -0.477 e. The molecule has 0 bridgehead atoms. The smallest absolute Gasteiger partial charge is 0.213 e.